The highest BCUT2D eigenvalue weighted by molar-refractivity contribution is 8.26. The Bertz CT molecular complexity index is 1470. The van der Waals surface area contributed by atoms with E-state index in [0.717, 1.165) is 42.9 Å². The first-order chi connectivity index (χ1) is 18.7. The minimum atomic E-state index is -0.273. The Balaban J connectivity index is 1.57. The molecule has 2 atom stereocenters. The van der Waals surface area contributed by atoms with Gasteiger partial charge in [-0.2, -0.15) is 5.26 Å². The number of rotatable bonds is 6. The van der Waals surface area contributed by atoms with E-state index >= 15 is 0 Å². The number of carbonyl (C=O) groups is 1. The molecule has 3 aliphatic rings. The fourth-order valence-corrected chi connectivity index (χ4v) is 6.98. The van der Waals surface area contributed by atoms with Gasteiger partial charge in [0.2, 0.25) is 6.79 Å². The fourth-order valence-electron chi connectivity index (χ4n) is 5.74. The van der Waals surface area contributed by atoms with Crippen LogP contribution in [0.25, 0.3) is 6.08 Å². The van der Waals surface area contributed by atoms with E-state index in [-0.39, 0.29) is 23.8 Å². The Morgan fingerprint density at radius 1 is 1.18 bits per heavy atom. The molecule has 0 spiro atoms. The molecule has 0 bridgehead atoms. The molecule has 8 nitrogen and oxygen atoms in total. The molecule has 204 valence electrons. The third kappa shape index (κ3) is 5.18. The normalized spacial score (nSPS) is 21.7. The van der Waals surface area contributed by atoms with Gasteiger partial charge in [0.05, 0.1) is 11.4 Å². The van der Waals surface area contributed by atoms with Crippen molar-refractivity contribution in [2.45, 2.75) is 53.6 Å². The number of nitrogens with zero attached hydrogens (tertiary/aromatic N) is 4. The van der Waals surface area contributed by atoms with Gasteiger partial charge in [-0.05, 0) is 60.9 Å². The maximum Gasteiger partial charge on any atom is 0.270 e. The zero-order chi connectivity index (χ0) is 27.8. The maximum absolute atomic E-state index is 13.6. The highest BCUT2D eigenvalue weighted by Gasteiger charge is 2.34. The number of pyridine rings is 1. The van der Waals surface area contributed by atoms with E-state index in [0.29, 0.717) is 51.2 Å². The second-order valence-corrected chi connectivity index (χ2v) is 12.3. The highest BCUT2D eigenvalue weighted by Crippen LogP contribution is 2.39. The van der Waals surface area contributed by atoms with Crippen LogP contribution in [0.4, 0.5) is 5.82 Å². The van der Waals surface area contributed by atoms with Crippen molar-refractivity contribution in [1.29, 1.82) is 5.26 Å². The summed E-state index contributed by atoms with van der Waals surface area (Å²) in [5.74, 6) is 2.85. The molecule has 1 aromatic heterocycles. The van der Waals surface area contributed by atoms with E-state index in [1.165, 1.54) is 11.8 Å². The molecule has 0 saturated carbocycles. The van der Waals surface area contributed by atoms with E-state index in [9.17, 15) is 14.9 Å². The van der Waals surface area contributed by atoms with Gasteiger partial charge in [-0.15, -0.1) is 0 Å². The largest absolute Gasteiger partial charge is 0.454 e. The predicted molar refractivity (Wildman–Crippen MR) is 157 cm³/mol. The number of thioether (sulfide) groups is 1. The van der Waals surface area contributed by atoms with Gasteiger partial charge in [-0.3, -0.25) is 19.1 Å². The molecule has 39 heavy (non-hydrogen) atoms. The predicted octanol–water partition coefficient (Wildman–Crippen LogP) is 5.05. The molecule has 10 heteroatoms. The standard InChI is InChI=1S/C29H32N4O4S2/c1-5-8-32-26(31-13-17(2)9-18(3)14-31)21(19(4)22(12-30)27(32)34)11-25-28(35)33(29(38)39-25)15-20-6-7-23-24(10-20)37-16-36-23/h6-7,10-11,17-18H,5,8-9,13-16H2,1-4H3. The molecule has 0 radical (unpaired) electrons. The van der Waals surface area contributed by atoms with Crippen LogP contribution >= 0.6 is 24.0 Å². The van der Waals surface area contributed by atoms with Crippen LogP contribution in [-0.4, -0.2) is 39.6 Å². The van der Waals surface area contributed by atoms with Crippen molar-refractivity contribution < 1.29 is 14.3 Å². The van der Waals surface area contributed by atoms with Crippen LogP contribution in [0.3, 0.4) is 0 Å². The van der Waals surface area contributed by atoms with Crippen molar-refractivity contribution in [1.82, 2.24) is 9.47 Å². The summed E-state index contributed by atoms with van der Waals surface area (Å²) in [7, 11) is 0. The van der Waals surface area contributed by atoms with Gasteiger partial charge in [0.15, 0.2) is 11.5 Å². The first kappa shape index (κ1) is 27.3. The number of fused-ring (bicyclic) bond motifs is 1. The summed E-state index contributed by atoms with van der Waals surface area (Å²) >= 11 is 6.87. The van der Waals surface area contributed by atoms with Crippen molar-refractivity contribution >= 4 is 46.1 Å². The van der Waals surface area contributed by atoms with Crippen LogP contribution in [0, 0.1) is 30.1 Å². The monoisotopic (exact) mass is 564 g/mol. The molecule has 1 amide bonds. The number of hydrogen-bond acceptors (Lipinski definition) is 8. The summed E-state index contributed by atoms with van der Waals surface area (Å²) in [4.78, 5) is 31.4. The van der Waals surface area contributed by atoms with Crippen LogP contribution in [0.5, 0.6) is 11.5 Å². The zero-order valence-electron chi connectivity index (χ0n) is 22.7. The number of hydrogen-bond donors (Lipinski definition) is 0. The van der Waals surface area contributed by atoms with E-state index in [2.05, 4.69) is 24.8 Å². The van der Waals surface area contributed by atoms with Gasteiger partial charge in [-0.25, -0.2) is 0 Å². The lowest BCUT2D eigenvalue weighted by atomic mass is 9.91. The number of aromatic nitrogens is 1. The summed E-state index contributed by atoms with van der Waals surface area (Å²) in [6, 6.07) is 7.73. The number of anilines is 1. The average molecular weight is 565 g/mol. The smallest absolute Gasteiger partial charge is 0.270 e. The van der Waals surface area contributed by atoms with Gasteiger partial charge in [0, 0.05) is 25.2 Å². The van der Waals surface area contributed by atoms with Crippen LogP contribution in [0.2, 0.25) is 0 Å². The molecule has 0 N–H and O–H groups in total. The van der Waals surface area contributed by atoms with Gasteiger partial charge in [0.25, 0.3) is 11.5 Å². The van der Waals surface area contributed by atoms with Crippen LogP contribution in [0.15, 0.2) is 27.9 Å². The molecule has 2 unspecified atom stereocenters. The van der Waals surface area contributed by atoms with Gasteiger partial charge >= 0.3 is 0 Å². The van der Waals surface area contributed by atoms with E-state index < -0.39 is 0 Å². The summed E-state index contributed by atoms with van der Waals surface area (Å²) in [5, 5.41) is 9.91. The SMILES string of the molecule is CCCn1c(N2CC(C)CC(C)C2)c(C=C2SC(=S)N(Cc3ccc4c(c3)OCO4)C2=O)c(C)c(C#N)c1=O. The molecule has 5 rings (SSSR count). The van der Waals surface area contributed by atoms with Crippen molar-refractivity contribution in [2.24, 2.45) is 11.8 Å². The summed E-state index contributed by atoms with van der Waals surface area (Å²) < 4.78 is 13.1. The van der Waals surface area contributed by atoms with Crippen molar-refractivity contribution in [3.63, 3.8) is 0 Å². The number of amides is 1. The number of carbonyl (C=O) groups excluding carboxylic acids is 1. The molecule has 3 aliphatic heterocycles. The number of benzene rings is 1. The Labute approximate surface area is 238 Å². The van der Waals surface area contributed by atoms with Gasteiger partial charge in [-0.1, -0.05) is 50.8 Å². The van der Waals surface area contributed by atoms with Crippen LogP contribution in [0.1, 0.15) is 55.9 Å². The Kier molecular flexibility index (Phi) is 7.74. The molecule has 2 aromatic rings. The van der Waals surface area contributed by atoms with E-state index in [4.69, 9.17) is 21.7 Å². The number of piperidine rings is 1. The molecular formula is C29H32N4O4S2. The zero-order valence-corrected chi connectivity index (χ0v) is 24.3. The second-order valence-electron chi connectivity index (χ2n) is 10.6. The third-order valence-electron chi connectivity index (χ3n) is 7.39. The summed E-state index contributed by atoms with van der Waals surface area (Å²) in [6.45, 7) is 10.9. The second kappa shape index (κ2) is 11.1. The molecule has 1 aromatic carbocycles. The lowest BCUT2D eigenvalue weighted by molar-refractivity contribution is -0.122. The molecule has 2 fully saturated rings. The van der Waals surface area contributed by atoms with Gasteiger partial charge < -0.3 is 14.4 Å². The van der Waals surface area contributed by atoms with E-state index in [1.54, 1.807) is 16.4 Å². The molecule has 2 saturated heterocycles. The van der Waals surface area contributed by atoms with Gasteiger partial charge in [0.1, 0.15) is 21.8 Å². The summed E-state index contributed by atoms with van der Waals surface area (Å²) in [5.41, 5.74) is 2.06. The van der Waals surface area contributed by atoms with Crippen molar-refractivity contribution in [2.75, 3.05) is 24.8 Å². The van der Waals surface area contributed by atoms with Crippen molar-refractivity contribution in [3.05, 3.63) is 55.7 Å². The third-order valence-corrected chi connectivity index (χ3v) is 8.77. The van der Waals surface area contributed by atoms with Crippen LogP contribution < -0.4 is 19.9 Å². The topological polar surface area (TPSA) is 87.8 Å². The highest BCUT2D eigenvalue weighted by atomic mass is 32.2. The van der Waals surface area contributed by atoms with Crippen LogP contribution in [-0.2, 0) is 17.9 Å². The first-order valence-electron chi connectivity index (χ1n) is 13.3. The minimum Gasteiger partial charge on any atom is -0.454 e. The maximum atomic E-state index is 13.6. The summed E-state index contributed by atoms with van der Waals surface area (Å²) in [6.07, 6.45) is 3.70. The molecule has 4 heterocycles. The number of thiocarbonyl (C=S) groups is 1. The average Bonchev–Trinajstić information content (AvgIpc) is 3.46. The molecular weight excluding hydrogens is 532 g/mol. The fraction of sp³-hybridized carbons (Fsp3) is 0.448. The van der Waals surface area contributed by atoms with E-state index in [1.807, 2.05) is 31.2 Å². The lowest BCUT2D eigenvalue weighted by Crippen LogP contribution is -2.43. The number of ether oxygens (including phenoxy) is 2. The molecule has 0 aliphatic carbocycles. The Morgan fingerprint density at radius 3 is 2.59 bits per heavy atom. The Morgan fingerprint density at radius 2 is 1.90 bits per heavy atom. The lowest BCUT2D eigenvalue weighted by Gasteiger charge is -2.39. The van der Waals surface area contributed by atoms with Crippen molar-refractivity contribution in [3.8, 4) is 17.6 Å². The number of nitriles is 1. The Hall–Kier alpha value is -3.29. The first-order valence-corrected chi connectivity index (χ1v) is 14.5. The minimum absolute atomic E-state index is 0.118. The quantitative estimate of drug-likeness (QED) is 0.356.